The first kappa shape index (κ1) is 18.2. The molecule has 0 saturated carbocycles. The molecule has 1 amide bonds. The number of anilines is 1. The van der Waals surface area contributed by atoms with Crippen molar-refractivity contribution < 1.29 is 19.2 Å². The highest BCUT2D eigenvalue weighted by atomic mass is 16.6. The van der Waals surface area contributed by atoms with Crippen LogP contribution >= 0.6 is 0 Å². The molecule has 142 valence electrons. The van der Waals surface area contributed by atoms with E-state index in [4.69, 9.17) is 9.47 Å². The fourth-order valence-corrected chi connectivity index (χ4v) is 3.31. The van der Waals surface area contributed by atoms with E-state index in [0.29, 0.717) is 13.1 Å². The van der Waals surface area contributed by atoms with Gasteiger partial charge in [-0.05, 0) is 6.07 Å². The van der Waals surface area contributed by atoms with Crippen LogP contribution in [0.5, 0.6) is 5.75 Å². The quantitative estimate of drug-likeness (QED) is 0.640. The molecule has 0 aromatic heterocycles. The topological polar surface area (TPSA) is 97.2 Å². The van der Waals surface area contributed by atoms with Crippen LogP contribution in [0, 0.1) is 10.1 Å². The molecular formula is C17H24N4O5. The molecule has 2 aliphatic heterocycles. The summed E-state index contributed by atoms with van der Waals surface area (Å²) in [5, 5.41) is 14.2. The summed E-state index contributed by atoms with van der Waals surface area (Å²) in [5.41, 5.74) is 0.829. The molecule has 0 unspecified atom stereocenters. The molecule has 3 rings (SSSR count). The van der Waals surface area contributed by atoms with Crippen LogP contribution in [-0.2, 0) is 4.74 Å². The maximum absolute atomic E-state index is 12.2. The predicted molar refractivity (Wildman–Crippen MR) is 95.8 cm³/mol. The molecule has 2 fully saturated rings. The molecule has 2 saturated heterocycles. The number of nitro groups is 1. The van der Waals surface area contributed by atoms with Crippen molar-refractivity contribution >= 4 is 17.5 Å². The number of carbonyl (C=O) groups is 1. The molecule has 1 N–H and O–H groups in total. The third kappa shape index (κ3) is 4.16. The number of nitrogens with one attached hydrogen (secondary N) is 1. The Morgan fingerprint density at radius 1 is 1.23 bits per heavy atom. The first-order chi connectivity index (χ1) is 12.6. The van der Waals surface area contributed by atoms with Crippen LogP contribution in [0.1, 0.15) is 12.8 Å². The fourth-order valence-electron chi connectivity index (χ4n) is 3.31. The van der Waals surface area contributed by atoms with Gasteiger partial charge in [-0.25, -0.2) is 4.79 Å². The summed E-state index contributed by atoms with van der Waals surface area (Å²) in [7, 11) is 1.42. The number of ether oxygens (including phenoxy) is 2. The minimum atomic E-state index is -0.454. The van der Waals surface area contributed by atoms with Crippen LogP contribution in [0.3, 0.4) is 0 Å². The molecule has 9 nitrogen and oxygen atoms in total. The van der Waals surface area contributed by atoms with Gasteiger partial charge in [0.25, 0.3) is 0 Å². The number of nitro benzene ring substituents is 1. The number of nitrogens with zero attached hydrogens (tertiary/aromatic N) is 3. The average Bonchev–Trinajstić information content (AvgIpc) is 2.68. The zero-order valence-corrected chi connectivity index (χ0v) is 14.8. The second-order valence-corrected chi connectivity index (χ2v) is 6.42. The van der Waals surface area contributed by atoms with Crippen LogP contribution in [0.4, 0.5) is 16.2 Å². The predicted octanol–water partition coefficient (Wildman–Crippen LogP) is 1.61. The molecule has 2 aliphatic rings. The number of piperidine rings is 1. The van der Waals surface area contributed by atoms with E-state index in [1.54, 1.807) is 17.0 Å². The Labute approximate surface area is 152 Å². The van der Waals surface area contributed by atoms with Crippen LogP contribution < -0.4 is 15.0 Å². The van der Waals surface area contributed by atoms with Gasteiger partial charge in [-0.1, -0.05) is 0 Å². The normalized spacial score (nSPS) is 18.5. The van der Waals surface area contributed by atoms with Crippen LogP contribution in [-0.4, -0.2) is 68.4 Å². The molecule has 0 aliphatic carbocycles. The van der Waals surface area contributed by atoms with E-state index in [1.165, 1.54) is 13.2 Å². The number of amides is 1. The summed E-state index contributed by atoms with van der Waals surface area (Å²) in [6, 6.07) is 4.88. The molecule has 2 heterocycles. The van der Waals surface area contributed by atoms with Crippen molar-refractivity contribution in [3.63, 3.8) is 0 Å². The monoisotopic (exact) mass is 364 g/mol. The lowest BCUT2D eigenvalue weighted by molar-refractivity contribution is -0.385. The number of carbonyl (C=O) groups excluding carboxylic acids is 1. The summed E-state index contributed by atoms with van der Waals surface area (Å²) in [5.74, 6) is 0.250. The lowest BCUT2D eigenvalue weighted by Crippen LogP contribution is -2.48. The number of methoxy groups -OCH3 is 1. The highest BCUT2D eigenvalue weighted by Gasteiger charge is 2.26. The molecule has 1 aromatic rings. The Balaban J connectivity index is 1.55. The lowest BCUT2D eigenvalue weighted by Gasteiger charge is -2.35. The molecule has 0 radical (unpaired) electrons. The van der Waals surface area contributed by atoms with Gasteiger partial charge in [-0.3, -0.25) is 10.1 Å². The van der Waals surface area contributed by atoms with Crippen molar-refractivity contribution in [2.24, 2.45) is 0 Å². The van der Waals surface area contributed by atoms with Crippen molar-refractivity contribution in [2.45, 2.75) is 18.9 Å². The second kappa shape index (κ2) is 8.22. The van der Waals surface area contributed by atoms with E-state index in [2.05, 4.69) is 10.2 Å². The highest BCUT2D eigenvalue weighted by Crippen LogP contribution is 2.32. The fraction of sp³-hybridized carbons (Fsp3) is 0.588. The lowest BCUT2D eigenvalue weighted by atomic mass is 10.1. The van der Waals surface area contributed by atoms with Crippen molar-refractivity contribution in [2.75, 3.05) is 51.3 Å². The van der Waals surface area contributed by atoms with E-state index in [9.17, 15) is 14.9 Å². The minimum Gasteiger partial charge on any atom is -0.490 e. The summed E-state index contributed by atoms with van der Waals surface area (Å²) >= 11 is 0. The largest absolute Gasteiger partial charge is 0.490 e. The van der Waals surface area contributed by atoms with Crippen molar-refractivity contribution in [3.8, 4) is 5.75 Å². The Hall–Kier alpha value is -2.55. The number of hydrogen-bond acceptors (Lipinski definition) is 7. The van der Waals surface area contributed by atoms with Gasteiger partial charge < -0.3 is 24.6 Å². The summed E-state index contributed by atoms with van der Waals surface area (Å²) in [6.07, 6.45) is 1.14. The SMILES string of the molecule is COc1cc(N2CCC(OC(=O)N3CCNCC3)CC2)ccc1[N+](=O)[O-]. The number of hydrogen-bond donors (Lipinski definition) is 1. The third-order valence-corrected chi connectivity index (χ3v) is 4.81. The molecule has 0 atom stereocenters. The zero-order chi connectivity index (χ0) is 18.5. The van der Waals surface area contributed by atoms with Gasteiger partial charge in [0.1, 0.15) is 6.10 Å². The Kier molecular flexibility index (Phi) is 5.77. The van der Waals surface area contributed by atoms with Gasteiger partial charge >= 0.3 is 11.8 Å². The van der Waals surface area contributed by atoms with Gasteiger partial charge in [0.2, 0.25) is 0 Å². The molecule has 0 spiro atoms. The van der Waals surface area contributed by atoms with E-state index in [-0.39, 0.29) is 23.6 Å². The van der Waals surface area contributed by atoms with E-state index in [0.717, 1.165) is 44.7 Å². The first-order valence-electron chi connectivity index (χ1n) is 8.82. The second-order valence-electron chi connectivity index (χ2n) is 6.42. The first-order valence-corrected chi connectivity index (χ1v) is 8.82. The number of benzene rings is 1. The zero-order valence-electron chi connectivity index (χ0n) is 14.8. The summed E-state index contributed by atoms with van der Waals surface area (Å²) in [4.78, 5) is 26.6. The smallest absolute Gasteiger partial charge is 0.410 e. The van der Waals surface area contributed by atoms with E-state index < -0.39 is 4.92 Å². The van der Waals surface area contributed by atoms with Crippen molar-refractivity contribution in [3.05, 3.63) is 28.3 Å². The third-order valence-electron chi connectivity index (χ3n) is 4.81. The number of rotatable bonds is 4. The van der Waals surface area contributed by atoms with E-state index in [1.807, 2.05) is 0 Å². The van der Waals surface area contributed by atoms with Crippen molar-refractivity contribution in [1.29, 1.82) is 0 Å². The van der Waals surface area contributed by atoms with E-state index >= 15 is 0 Å². The summed E-state index contributed by atoms with van der Waals surface area (Å²) in [6.45, 7) is 4.41. The minimum absolute atomic E-state index is 0.0453. The van der Waals surface area contributed by atoms with Gasteiger partial charge in [-0.15, -0.1) is 0 Å². The average molecular weight is 364 g/mol. The van der Waals surface area contributed by atoms with Crippen LogP contribution in [0.2, 0.25) is 0 Å². The maximum Gasteiger partial charge on any atom is 0.410 e. The summed E-state index contributed by atoms with van der Waals surface area (Å²) < 4.78 is 10.8. The highest BCUT2D eigenvalue weighted by molar-refractivity contribution is 5.68. The Bertz CT molecular complexity index is 655. The maximum atomic E-state index is 12.2. The van der Waals surface area contributed by atoms with Crippen molar-refractivity contribution in [1.82, 2.24) is 10.2 Å². The Morgan fingerprint density at radius 3 is 2.54 bits per heavy atom. The Morgan fingerprint density at radius 2 is 1.92 bits per heavy atom. The number of piperazine rings is 1. The molecule has 26 heavy (non-hydrogen) atoms. The molecule has 1 aromatic carbocycles. The molecular weight excluding hydrogens is 340 g/mol. The van der Waals surface area contributed by atoms with Gasteiger partial charge in [0, 0.05) is 69.9 Å². The van der Waals surface area contributed by atoms with Crippen LogP contribution in [0.25, 0.3) is 0 Å². The standard InChI is InChI=1S/C17H24N4O5/c1-25-16-12-13(2-3-15(16)21(23)24)19-8-4-14(5-9-19)26-17(22)20-10-6-18-7-11-20/h2-3,12,14,18H,4-11H2,1H3. The van der Waals surface area contributed by atoms with Gasteiger partial charge in [0.15, 0.2) is 5.75 Å². The molecule has 0 bridgehead atoms. The van der Waals surface area contributed by atoms with Crippen LogP contribution in [0.15, 0.2) is 18.2 Å². The van der Waals surface area contributed by atoms with Gasteiger partial charge in [0.05, 0.1) is 12.0 Å². The van der Waals surface area contributed by atoms with Gasteiger partial charge in [-0.2, -0.15) is 0 Å². The molecule has 9 heteroatoms.